The number of aromatic nitrogens is 5. The zero-order chi connectivity index (χ0) is 12.4. The fourth-order valence-corrected chi connectivity index (χ4v) is 1.83. The summed E-state index contributed by atoms with van der Waals surface area (Å²) in [6.07, 6.45) is 3.23. The van der Waals surface area contributed by atoms with E-state index in [0.717, 1.165) is 0 Å². The number of H-pyrrole nitrogens is 1. The number of rotatable bonds is 3. The van der Waals surface area contributed by atoms with Crippen LogP contribution in [0.2, 0.25) is 0 Å². The number of aromatic amines is 1. The van der Waals surface area contributed by atoms with Gasteiger partial charge in [0, 0.05) is 0 Å². The molecule has 0 aliphatic rings. The van der Waals surface area contributed by atoms with Gasteiger partial charge in [-0.25, -0.2) is 4.98 Å². The highest BCUT2D eigenvalue weighted by atomic mass is 15.3. The molecule has 0 atom stereocenters. The summed E-state index contributed by atoms with van der Waals surface area (Å²) in [5.41, 5.74) is 7.65. The van der Waals surface area contributed by atoms with Gasteiger partial charge in [-0.2, -0.15) is 0 Å². The zero-order valence-corrected chi connectivity index (χ0v) is 9.61. The molecule has 6 nitrogen and oxygen atoms in total. The number of hydrogen-bond acceptors (Lipinski definition) is 4. The molecule has 90 valence electrons. The Morgan fingerprint density at radius 2 is 2.06 bits per heavy atom. The van der Waals surface area contributed by atoms with Gasteiger partial charge in [-0.3, -0.25) is 0 Å². The van der Waals surface area contributed by atoms with Crippen LogP contribution in [0.4, 0.5) is 5.82 Å². The van der Waals surface area contributed by atoms with Crippen LogP contribution in [0.5, 0.6) is 0 Å². The van der Waals surface area contributed by atoms with Gasteiger partial charge in [-0.15, -0.1) is 10.2 Å². The summed E-state index contributed by atoms with van der Waals surface area (Å²) >= 11 is 0. The van der Waals surface area contributed by atoms with E-state index >= 15 is 0 Å². The Kier molecular flexibility index (Phi) is 2.53. The molecule has 3 N–H and O–H groups in total. The summed E-state index contributed by atoms with van der Waals surface area (Å²) in [5.74, 6) is 1.12. The molecule has 0 saturated heterocycles. The van der Waals surface area contributed by atoms with Gasteiger partial charge in [0.05, 0.1) is 12.9 Å². The molecular weight excluding hydrogens is 228 g/mol. The molecule has 3 rings (SSSR count). The second-order valence-corrected chi connectivity index (χ2v) is 3.93. The van der Waals surface area contributed by atoms with E-state index in [2.05, 4.69) is 32.3 Å². The Balaban J connectivity index is 1.96. The quantitative estimate of drug-likeness (QED) is 0.722. The van der Waals surface area contributed by atoms with Crippen LogP contribution in [0, 0.1) is 0 Å². The van der Waals surface area contributed by atoms with Crippen molar-refractivity contribution in [2.24, 2.45) is 0 Å². The van der Waals surface area contributed by atoms with Gasteiger partial charge in [0.2, 0.25) is 0 Å². The molecule has 2 aromatic heterocycles. The lowest BCUT2D eigenvalue weighted by Gasteiger charge is -2.05. The van der Waals surface area contributed by atoms with Crippen LogP contribution in [0.25, 0.3) is 11.5 Å². The molecule has 0 aliphatic carbocycles. The number of hydrogen-bond donors (Lipinski definition) is 2. The fourth-order valence-electron chi connectivity index (χ4n) is 1.83. The normalized spacial score (nSPS) is 10.7. The molecule has 0 fully saturated rings. The molecule has 0 bridgehead atoms. The number of nitrogen functional groups attached to an aromatic ring is 1. The third-order valence-corrected chi connectivity index (χ3v) is 2.70. The monoisotopic (exact) mass is 240 g/mol. The summed E-state index contributed by atoms with van der Waals surface area (Å²) < 4.78 is 1.93. The van der Waals surface area contributed by atoms with Crippen molar-refractivity contribution in [2.45, 2.75) is 6.54 Å². The molecule has 0 saturated carbocycles. The Labute approximate surface area is 104 Å². The molecule has 18 heavy (non-hydrogen) atoms. The van der Waals surface area contributed by atoms with Crippen molar-refractivity contribution in [1.82, 2.24) is 24.7 Å². The van der Waals surface area contributed by atoms with E-state index in [1.807, 2.05) is 22.8 Å². The van der Waals surface area contributed by atoms with Crippen LogP contribution >= 0.6 is 0 Å². The summed E-state index contributed by atoms with van der Waals surface area (Å²) in [7, 11) is 0. The lowest BCUT2D eigenvalue weighted by atomic mass is 10.2. The Bertz CT molecular complexity index is 639. The van der Waals surface area contributed by atoms with Crippen molar-refractivity contribution in [1.29, 1.82) is 0 Å². The van der Waals surface area contributed by atoms with Crippen LogP contribution in [-0.2, 0) is 6.54 Å². The standard InChI is InChI=1S/C12H12N6/c13-11-10(14-7-15-11)12-17-16-8-18(12)6-9-4-2-1-3-5-9/h1-5,7-8H,6,13H2,(H,14,15). The van der Waals surface area contributed by atoms with Gasteiger partial charge in [-0.1, -0.05) is 30.3 Å². The minimum atomic E-state index is 0.428. The van der Waals surface area contributed by atoms with Gasteiger partial charge < -0.3 is 15.3 Å². The topological polar surface area (TPSA) is 85.4 Å². The molecule has 2 heterocycles. The molecule has 1 aromatic carbocycles. The molecule has 0 unspecified atom stereocenters. The van der Waals surface area contributed by atoms with E-state index in [1.165, 1.54) is 5.56 Å². The molecule has 0 spiro atoms. The molecule has 0 amide bonds. The zero-order valence-electron chi connectivity index (χ0n) is 9.61. The van der Waals surface area contributed by atoms with Crippen LogP contribution < -0.4 is 5.73 Å². The maximum absolute atomic E-state index is 5.77. The first-order valence-corrected chi connectivity index (χ1v) is 5.55. The van der Waals surface area contributed by atoms with Gasteiger partial charge in [-0.05, 0) is 5.56 Å². The van der Waals surface area contributed by atoms with Crippen LogP contribution in [0.1, 0.15) is 5.56 Å². The SMILES string of the molecule is Nc1nc[nH]c1-c1nncn1Cc1ccccc1. The van der Waals surface area contributed by atoms with Crippen molar-refractivity contribution in [3.05, 3.63) is 48.5 Å². The highest BCUT2D eigenvalue weighted by Gasteiger charge is 2.12. The summed E-state index contributed by atoms with van der Waals surface area (Å²) in [6.45, 7) is 0.696. The summed E-state index contributed by atoms with van der Waals surface area (Å²) in [4.78, 5) is 6.94. The van der Waals surface area contributed by atoms with E-state index in [0.29, 0.717) is 23.9 Å². The first-order chi connectivity index (χ1) is 8.84. The van der Waals surface area contributed by atoms with Crippen molar-refractivity contribution >= 4 is 5.82 Å². The fraction of sp³-hybridized carbons (Fsp3) is 0.0833. The lowest BCUT2D eigenvalue weighted by molar-refractivity contribution is 0.801. The van der Waals surface area contributed by atoms with Gasteiger partial charge in [0.15, 0.2) is 11.6 Å². The van der Waals surface area contributed by atoms with E-state index in [-0.39, 0.29) is 0 Å². The summed E-state index contributed by atoms with van der Waals surface area (Å²) in [5, 5.41) is 8.00. The van der Waals surface area contributed by atoms with E-state index in [4.69, 9.17) is 5.73 Å². The molecule has 3 aromatic rings. The van der Waals surface area contributed by atoms with Crippen LogP contribution in [0.3, 0.4) is 0 Å². The van der Waals surface area contributed by atoms with Crippen molar-refractivity contribution < 1.29 is 0 Å². The second-order valence-electron chi connectivity index (χ2n) is 3.93. The van der Waals surface area contributed by atoms with Crippen molar-refractivity contribution in [3.63, 3.8) is 0 Å². The number of nitrogens with one attached hydrogen (secondary N) is 1. The molecule has 0 aliphatic heterocycles. The van der Waals surface area contributed by atoms with Gasteiger partial charge >= 0.3 is 0 Å². The van der Waals surface area contributed by atoms with Crippen molar-refractivity contribution in [2.75, 3.05) is 5.73 Å². The Hall–Kier alpha value is -2.63. The number of benzene rings is 1. The van der Waals surface area contributed by atoms with E-state index in [1.54, 1.807) is 12.7 Å². The van der Waals surface area contributed by atoms with Gasteiger partial charge in [0.1, 0.15) is 12.0 Å². The predicted molar refractivity (Wildman–Crippen MR) is 67.6 cm³/mol. The van der Waals surface area contributed by atoms with E-state index < -0.39 is 0 Å². The third kappa shape index (κ3) is 1.84. The lowest BCUT2D eigenvalue weighted by Crippen LogP contribution is -2.02. The first-order valence-electron chi connectivity index (χ1n) is 5.55. The van der Waals surface area contributed by atoms with Crippen LogP contribution in [-0.4, -0.2) is 24.7 Å². The first kappa shape index (κ1) is 10.5. The highest BCUT2D eigenvalue weighted by molar-refractivity contribution is 5.63. The second kappa shape index (κ2) is 4.33. The summed E-state index contributed by atoms with van der Waals surface area (Å²) in [6, 6.07) is 10.1. The third-order valence-electron chi connectivity index (χ3n) is 2.70. The number of nitrogens with two attached hydrogens (primary N) is 1. The number of nitrogens with zero attached hydrogens (tertiary/aromatic N) is 4. The molecule has 6 heteroatoms. The smallest absolute Gasteiger partial charge is 0.184 e. The molecular formula is C12H12N6. The predicted octanol–water partition coefficient (Wildman–Crippen LogP) is 1.30. The largest absolute Gasteiger partial charge is 0.382 e. The van der Waals surface area contributed by atoms with Crippen LogP contribution in [0.15, 0.2) is 43.0 Å². The molecule has 0 radical (unpaired) electrons. The minimum absolute atomic E-state index is 0.428. The Morgan fingerprint density at radius 3 is 2.78 bits per heavy atom. The highest BCUT2D eigenvalue weighted by Crippen LogP contribution is 2.19. The maximum Gasteiger partial charge on any atom is 0.184 e. The van der Waals surface area contributed by atoms with Gasteiger partial charge in [0.25, 0.3) is 0 Å². The van der Waals surface area contributed by atoms with Crippen molar-refractivity contribution in [3.8, 4) is 11.5 Å². The average Bonchev–Trinajstić information content (AvgIpc) is 2.99. The minimum Gasteiger partial charge on any atom is -0.382 e. The maximum atomic E-state index is 5.77. The number of anilines is 1. The Morgan fingerprint density at radius 1 is 1.22 bits per heavy atom. The average molecular weight is 240 g/mol. The van der Waals surface area contributed by atoms with E-state index in [9.17, 15) is 0 Å². The number of imidazole rings is 1.